The van der Waals surface area contributed by atoms with Crippen LogP contribution in [0.4, 0.5) is 14.5 Å². The summed E-state index contributed by atoms with van der Waals surface area (Å²) < 4.78 is 27.3. The first-order valence-electron chi connectivity index (χ1n) is 8.78. The van der Waals surface area contributed by atoms with Crippen molar-refractivity contribution in [3.8, 4) is 17.1 Å². The van der Waals surface area contributed by atoms with Crippen LogP contribution in [0.2, 0.25) is 0 Å². The SMILES string of the molecule is O=C(Nc1cn(-c2ccccc2)nc1C(=O)C(F)F)c1cccc(-c2ccn[nH]2)n1. The number of rotatable bonds is 6. The molecule has 0 bridgehead atoms. The van der Waals surface area contributed by atoms with Gasteiger partial charge in [0.2, 0.25) is 0 Å². The number of pyridine rings is 1. The van der Waals surface area contributed by atoms with Crippen molar-refractivity contribution in [3.63, 3.8) is 0 Å². The number of halogens is 2. The first kappa shape index (κ1) is 19.1. The predicted molar refractivity (Wildman–Crippen MR) is 104 cm³/mol. The lowest BCUT2D eigenvalue weighted by Gasteiger charge is -2.05. The molecule has 3 heterocycles. The molecule has 1 aromatic carbocycles. The van der Waals surface area contributed by atoms with Crippen LogP contribution in [-0.4, -0.2) is 43.1 Å². The predicted octanol–water partition coefficient (Wildman–Crippen LogP) is 3.36. The molecule has 10 heteroatoms. The summed E-state index contributed by atoms with van der Waals surface area (Å²) >= 11 is 0. The highest BCUT2D eigenvalue weighted by Gasteiger charge is 2.26. The van der Waals surface area contributed by atoms with Gasteiger partial charge >= 0.3 is 6.43 Å². The first-order chi connectivity index (χ1) is 14.5. The number of hydrogen-bond acceptors (Lipinski definition) is 5. The number of para-hydroxylation sites is 1. The van der Waals surface area contributed by atoms with Crippen LogP contribution in [0.25, 0.3) is 17.1 Å². The summed E-state index contributed by atoms with van der Waals surface area (Å²) in [4.78, 5) is 28.9. The number of anilines is 1. The number of nitrogens with zero attached hydrogens (tertiary/aromatic N) is 4. The summed E-state index contributed by atoms with van der Waals surface area (Å²) in [6, 6.07) is 15.1. The molecule has 0 saturated carbocycles. The maximum Gasteiger partial charge on any atom is 0.302 e. The van der Waals surface area contributed by atoms with Gasteiger partial charge < -0.3 is 5.32 Å². The maximum absolute atomic E-state index is 13.0. The van der Waals surface area contributed by atoms with Gasteiger partial charge in [-0.15, -0.1) is 0 Å². The normalized spacial score (nSPS) is 10.9. The molecule has 0 aliphatic heterocycles. The lowest BCUT2D eigenvalue weighted by Crippen LogP contribution is -2.18. The zero-order chi connectivity index (χ0) is 21.1. The molecule has 2 N–H and O–H groups in total. The molecular formula is C20H14F2N6O2. The van der Waals surface area contributed by atoms with Gasteiger partial charge in [-0.2, -0.15) is 10.2 Å². The van der Waals surface area contributed by atoms with E-state index in [1.807, 2.05) is 0 Å². The number of benzene rings is 1. The fourth-order valence-corrected chi connectivity index (χ4v) is 2.76. The Balaban J connectivity index is 1.66. The minimum Gasteiger partial charge on any atom is -0.317 e. The third kappa shape index (κ3) is 3.83. The van der Waals surface area contributed by atoms with Crippen LogP contribution in [0.15, 0.2) is 67.0 Å². The van der Waals surface area contributed by atoms with Crippen molar-refractivity contribution in [1.82, 2.24) is 25.0 Å². The Morgan fingerprint density at radius 1 is 1.03 bits per heavy atom. The molecule has 0 unspecified atom stereocenters. The fourth-order valence-electron chi connectivity index (χ4n) is 2.76. The number of hydrogen-bond donors (Lipinski definition) is 2. The molecule has 0 saturated heterocycles. The molecule has 4 aromatic rings. The number of alkyl halides is 2. The van der Waals surface area contributed by atoms with E-state index in [-0.39, 0.29) is 11.4 Å². The second-order valence-electron chi connectivity index (χ2n) is 6.17. The van der Waals surface area contributed by atoms with Crippen LogP contribution in [0, 0.1) is 0 Å². The van der Waals surface area contributed by atoms with E-state index in [1.54, 1.807) is 54.7 Å². The highest BCUT2D eigenvalue weighted by atomic mass is 19.3. The second kappa shape index (κ2) is 8.03. The number of H-pyrrole nitrogens is 1. The van der Waals surface area contributed by atoms with Gasteiger partial charge in [-0.05, 0) is 30.3 Å². The van der Waals surface area contributed by atoms with Crippen LogP contribution in [0.1, 0.15) is 21.0 Å². The summed E-state index contributed by atoms with van der Waals surface area (Å²) in [6.07, 6.45) is -0.410. The monoisotopic (exact) mass is 408 g/mol. The van der Waals surface area contributed by atoms with Gasteiger partial charge in [0.25, 0.3) is 11.7 Å². The van der Waals surface area contributed by atoms with E-state index >= 15 is 0 Å². The molecule has 8 nitrogen and oxygen atoms in total. The second-order valence-corrected chi connectivity index (χ2v) is 6.17. The van der Waals surface area contributed by atoms with E-state index in [9.17, 15) is 18.4 Å². The van der Waals surface area contributed by atoms with Crippen LogP contribution in [0.5, 0.6) is 0 Å². The van der Waals surface area contributed by atoms with Gasteiger partial charge in [0.1, 0.15) is 5.69 Å². The molecule has 0 aliphatic rings. The smallest absolute Gasteiger partial charge is 0.302 e. The molecule has 0 aliphatic carbocycles. The number of aromatic nitrogens is 5. The van der Waals surface area contributed by atoms with Crippen LogP contribution in [-0.2, 0) is 0 Å². The van der Waals surface area contributed by atoms with Crippen molar-refractivity contribution in [3.05, 3.63) is 78.4 Å². The molecule has 0 radical (unpaired) electrons. The van der Waals surface area contributed by atoms with Crippen molar-refractivity contribution < 1.29 is 18.4 Å². The van der Waals surface area contributed by atoms with E-state index in [0.29, 0.717) is 17.1 Å². The van der Waals surface area contributed by atoms with Crippen LogP contribution in [0.3, 0.4) is 0 Å². The average molecular weight is 408 g/mol. The summed E-state index contributed by atoms with van der Waals surface area (Å²) in [6.45, 7) is 0. The van der Waals surface area contributed by atoms with Crippen molar-refractivity contribution in [1.29, 1.82) is 0 Å². The Hall–Kier alpha value is -4.21. The van der Waals surface area contributed by atoms with Gasteiger partial charge in [-0.1, -0.05) is 24.3 Å². The van der Waals surface area contributed by atoms with E-state index in [2.05, 4.69) is 25.6 Å². The summed E-state index contributed by atoms with van der Waals surface area (Å²) in [7, 11) is 0. The standard InChI is InChI=1S/C20H14F2N6O2/c21-19(22)18(29)17-16(11-28(27-17)12-5-2-1-3-6-12)25-20(30)15-8-4-7-13(24-15)14-9-10-23-26-14/h1-11,19H,(H,23,26)(H,25,30). The average Bonchev–Trinajstić information content (AvgIpc) is 3.44. The van der Waals surface area contributed by atoms with Crippen molar-refractivity contribution >= 4 is 17.4 Å². The van der Waals surface area contributed by atoms with E-state index < -0.39 is 23.8 Å². The third-order valence-corrected chi connectivity index (χ3v) is 4.17. The number of aromatic amines is 1. The van der Waals surface area contributed by atoms with Crippen LogP contribution < -0.4 is 5.32 Å². The highest BCUT2D eigenvalue weighted by Crippen LogP contribution is 2.21. The van der Waals surface area contributed by atoms with Gasteiger partial charge in [0, 0.05) is 6.20 Å². The maximum atomic E-state index is 13.0. The minimum absolute atomic E-state index is 0.0324. The molecule has 150 valence electrons. The van der Waals surface area contributed by atoms with Crippen LogP contribution >= 0.6 is 0 Å². The number of Topliss-reactive ketones (excluding diaryl/α,β-unsaturated/α-hetero) is 1. The lowest BCUT2D eigenvalue weighted by molar-refractivity contribution is 0.0673. The Kier molecular flexibility index (Phi) is 5.12. The molecule has 1 amide bonds. The van der Waals surface area contributed by atoms with Gasteiger partial charge in [-0.3, -0.25) is 14.7 Å². The Bertz CT molecular complexity index is 1190. The van der Waals surface area contributed by atoms with Gasteiger partial charge in [0.05, 0.1) is 29.0 Å². The number of nitrogens with one attached hydrogen (secondary N) is 2. The fraction of sp³-hybridized carbons (Fsp3) is 0.0500. The largest absolute Gasteiger partial charge is 0.317 e. The third-order valence-electron chi connectivity index (χ3n) is 4.17. The number of carbonyl (C=O) groups excluding carboxylic acids is 2. The Morgan fingerprint density at radius 3 is 2.53 bits per heavy atom. The Morgan fingerprint density at radius 2 is 1.83 bits per heavy atom. The van der Waals surface area contributed by atoms with Gasteiger partial charge in [0.15, 0.2) is 5.69 Å². The quantitative estimate of drug-likeness (QED) is 0.476. The summed E-state index contributed by atoms with van der Waals surface area (Å²) in [5.74, 6) is -2.16. The molecule has 30 heavy (non-hydrogen) atoms. The number of amides is 1. The molecule has 0 atom stereocenters. The molecule has 0 spiro atoms. The zero-order valence-corrected chi connectivity index (χ0v) is 15.3. The number of ketones is 1. The molecule has 3 aromatic heterocycles. The summed E-state index contributed by atoms with van der Waals surface area (Å²) in [5.41, 5.74) is 0.986. The van der Waals surface area contributed by atoms with E-state index in [1.165, 1.54) is 16.9 Å². The van der Waals surface area contributed by atoms with Crippen molar-refractivity contribution in [2.24, 2.45) is 0 Å². The zero-order valence-electron chi connectivity index (χ0n) is 15.3. The first-order valence-corrected chi connectivity index (χ1v) is 8.78. The topological polar surface area (TPSA) is 106 Å². The Labute approximate surface area is 168 Å². The molecular weight excluding hydrogens is 394 g/mol. The molecule has 4 rings (SSSR count). The summed E-state index contributed by atoms with van der Waals surface area (Å²) in [5, 5.41) is 13.0. The van der Waals surface area contributed by atoms with Crippen molar-refractivity contribution in [2.45, 2.75) is 6.43 Å². The van der Waals surface area contributed by atoms with E-state index in [0.717, 1.165) is 0 Å². The highest BCUT2D eigenvalue weighted by molar-refractivity contribution is 6.08. The lowest BCUT2D eigenvalue weighted by atomic mass is 10.2. The molecule has 0 fully saturated rings. The van der Waals surface area contributed by atoms with Gasteiger partial charge in [-0.25, -0.2) is 18.4 Å². The number of carbonyl (C=O) groups is 2. The van der Waals surface area contributed by atoms with Crippen molar-refractivity contribution in [2.75, 3.05) is 5.32 Å². The van der Waals surface area contributed by atoms with E-state index in [4.69, 9.17) is 0 Å². The minimum atomic E-state index is -3.26.